The van der Waals surface area contributed by atoms with Crippen LogP contribution < -0.4 is 20.7 Å². The number of carbonyl (C=O) groups is 3. The number of rotatable bonds is 12. The van der Waals surface area contributed by atoms with E-state index in [1.165, 1.54) is 0 Å². The number of hydrogen-bond donors (Lipinski definition) is 3. The number of Topliss-reactive ketones (excluding diaryl/α,β-unsaturated/α-hetero) is 1. The second-order valence-corrected chi connectivity index (χ2v) is 9.84. The summed E-state index contributed by atoms with van der Waals surface area (Å²) in [5, 5.41) is 9.13. The van der Waals surface area contributed by atoms with Crippen molar-refractivity contribution in [1.29, 1.82) is 0 Å². The number of ether oxygens (including phenoxy) is 1. The Morgan fingerprint density at radius 2 is 1.56 bits per heavy atom. The van der Waals surface area contributed by atoms with Gasteiger partial charge in [-0.1, -0.05) is 66.2 Å². The number of methoxy groups -OCH3 is 1. The first kappa shape index (κ1) is 29.1. The van der Waals surface area contributed by atoms with Crippen LogP contribution in [0.1, 0.15) is 38.8 Å². The fourth-order valence-corrected chi connectivity index (χ4v) is 4.56. The molecule has 0 aliphatic carbocycles. The SMILES string of the molecule is COc1ccc(NCCNC(=O)C(Cc2ccc(-c3ccccc3C(C)=O)cc2)NC(=O)c2cccc(C)c2)cc1. The van der Waals surface area contributed by atoms with Crippen LogP contribution in [0.3, 0.4) is 0 Å². The summed E-state index contributed by atoms with van der Waals surface area (Å²) in [6.45, 7) is 4.37. The first-order valence-electron chi connectivity index (χ1n) is 13.6. The lowest BCUT2D eigenvalue weighted by Gasteiger charge is -2.19. The number of hydrogen-bond acceptors (Lipinski definition) is 5. The van der Waals surface area contributed by atoms with Gasteiger partial charge in [0.1, 0.15) is 11.8 Å². The van der Waals surface area contributed by atoms with Crippen LogP contribution in [0, 0.1) is 6.92 Å². The molecule has 1 atom stereocenters. The van der Waals surface area contributed by atoms with E-state index in [1.54, 1.807) is 26.2 Å². The average Bonchev–Trinajstić information content (AvgIpc) is 2.99. The van der Waals surface area contributed by atoms with E-state index >= 15 is 0 Å². The second-order valence-electron chi connectivity index (χ2n) is 9.84. The molecule has 0 bridgehead atoms. The van der Waals surface area contributed by atoms with Crippen LogP contribution in [0.2, 0.25) is 0 Å². The maximum atomic E-state index is 13.3. The summed E-state index contributed by atoms with van der Waals surface area (Å²) < 4.78 is 5.18. The highest BCUT2D eigenvalue weighted by Crippen LogP contribution is 2.25. The van der Waals surface area contributed by atoms with Gasteiger partial charge in [0.15, 0.2) is 5.78 Å². The molecule has 0 heterocycles. The van der Waals surface area contributed by atoms with E-state index in [0.717, 1.165) is 33.7 Å². The highest BCUT2D eigenvalue weighted by atomic mass is 16.5. The summed E-state index contributed by atoms with van der Waals surface area (Å²) in [4.78, 5) is 38.4. The molecule has 0 spiro atoms. The van der Waals surface area contributed by atoms with Crippen molar-refractivity contribution in [2.24, 2.45) is 0 Å². The van der Waals surface area contributed by atoms with Crippen molar-refractivity contribution >= 4 is 23.3 Å². The number of anilines is 1. The Bertz CT molecular complexity index is 1500. The predicted molar refractivity (Wildman–Crippen MR) is 163 cm³/mol. The Kier molecular flexibility index (Phi) is 9.89. The van der Waals surface area contributed by atoms with Crippen LogP contribution in [-0.2, 0) is 11.2 Å². The Hall–Kier alpha value is -4.91. The molecule has 0 aliphatic heterocycles. The lowest BCUT2D eigenvalue weighted by molar-refractivity contribution is -0.122. The molecular weight excluding hydrogens is 514 g/mol. The third-order valence-corrected chi connectivity index (χ3v) is 6.76. The van der Waals surface area contributed by atoms with Gasteiger partial charge in [-0.25, -0.2) is 0 Å². The number of nitrogens with one attached hydrogen (secondary N) is 3. The molecule has 0 aromatic heterocycles. The number of carbonyl (C=O) groups excluding carboxylic acids is 3. The normalized spacial score (nSPS) is 11.3. The van der Waals surface area contributed by atoms with Crippen molar-refractivity contribution in [3.63, 3.8) is 0 Å². The van der Waals surface area contributed by atoms with Crippen molar-refractivity contribution in [3.05, 3.63) is 119 Å². The summed E-state index contributed by atoms with van der Waals surface area (Å²) in [5.74, 6) is 0.194. The van der Waals surface area contributed by atoms with Crippen molar-refractivity contribution in [1.82, 2.24) is 10.6 Å². The zero-order valence-electron chi connectivity index (χ0n) is 23.6. The summed E-state index contributed by atoms with van der Waals surface area (Å²) in [6, 6.07) is 29.2. The fraction of sp³-hybridized carbons (Fsp3) is 0.206. The van der Waals surface area contributed by atoms with Crippen LogP contribution in [-0.4, -0.2) is 43.8 Å². The quantitative estimate of drug-likeness (QED) is 0.162. The first-order chi connectivity index (χ1) is 19.8. The maximum absolute atomic E-state index is 13.3. The minimum Gasteiger partial charge on any atom is -0.497 e. The summed E-state index contributed by atoms with van der Waals surface area (Å²) in [5.41, 5.74) is 5.69. The van der Waals surface area contributed by atoms with Gasteiger partial charge in [0.25, 0.3) is 5.91 Å². The van der Waals surface area contributed by atoms with E-state index < -0.39 is 6.04 Å². The standard InChI is InChI=1S/C34H35N3O4/c1-23-7-6-8-27(21-23)33(39)37-32(34(40)36-20-19-35-28-15-17-29(41-3)18-16-28)22-25-11-13-26(14-12-25)31-10-5-4-9-30(31)24(2)38/h4-18,21,32,35H,19-20,22H2,1-3H3,(H,36,40)(H,37,39). The van der Waals surface area contributed by atoms with E-state index in [-0.39, 0.29) is 17.6 Å². The zero-order valence-corrected chi connectivity index (χ0v) is 23.6. The van der Waals surface area contributed by atoms with E-state index in [9.17, 15) is 14.4 Å². The molecule has 3 N–H and O–H groups in total. The third kappa shape index (κ3) is 8.05. The van der Waals surface area contributed by atoms with Crippen molar-refractivity contribution in [2.45, 2.75) is 26.3 Å². The Morgan fingerprint density at radius 1 is 0.829 bits per heavy atom. The summed E-state index contributed by atoms with van der Waals surface area (Å²) in [6.07, 6.45) is 0.309. The van der Waals surface area contributed by atoms with Crippen LogP contribution in [0.25, 0.3) is 11.1 Å². The molecule has 0 aliphatic rings. The molecule has 4 aromatic carbocycles. The van der Waals surface area contributed by atoms with Crippen LogP contribution >= 0.6 is 0 Å². The summed E-state index contributed by atoms with van der Waals surface area (Å²) in [7, 11) is 1.62. The zero-order chi connectivity index (χ0) is 29.2. The number of benzene rings is 4. The van der Waals surface area contributed by atoms with Gasteiger partial charge in [-0.15, -0.1) is 0 Å². The topological polar surface area (TPSA) is 96.5 Å². The van der Waals surface area contributed by atoms with Gasteiger partial charge in [-0.2, -0.15) is 0 Å². The van der Waals surface area contributed by atoms with Crippen molar-refractivity contribution < 1.29 is 19.1 Å². The van der Waals surface area contributed by atoms with E-state index in [2.05, 4.69) is 16.0 Å². The molecule has 0 radical (unpaired) electrons. The summed E-state index contributed by atoms with van der Waals surface area (Å²) >= 11 is 0. The molecule has 7 nitrogen and oxygen atoms in total. The van der Waals surface area contributed by atoms with Gasteiger partial charge in [0, 0.05) is 36.3 Å². The van der Waals surface area contributed by atoms with Gasteiger partial charge in [0.05, 0.1) is 7.11 Å². The molecular formula is C34H35N3O4. The smallest absolute Gasteiger partial charge is 0.251 e. The van der Waals surface area contributed by atoms with E-state index in [4.69, 9.17) is 4.74 Å². The van der Waals surface area contributed by atoms with Crippen molar-refractivity contribution in [2.75, 3.05) is 25.5 Å². The number of aryl methyl sites for hydroxylation is 1. The highest BCUT2D eigenvalue weighted by molar-refractivity contribution is 6.01. The highest BCUT2D eigenvalue weighted by Gasteiger charge is 2.22. The molecule has 0 fully saturated rings. The molecule has 4 rings (SSSR count). The predicted octanol–water partition coefficient (Wildman–Crippen LogP) is 5.44. The van der Waals surface area contributed by atoms with Crippen molar-refractivity contribution in [3.8, 4) is 16.9 Å². The fourth-order valence-electron chi connectivity index (χ4n) is 4.56. The van der Waals surface area contributed by atoms with Crippen LogP contribution in [0.15, 0.2) is 97.1 Å². The molecule has 2 amide bonds. The van der Waals surface area contributed by atoms with Gasteiger partial charge in [-0.05, 0) is 66.9 Å². The Labute approximate surface area is 240 Å². The Morgan fingerprint density at radius 3 is 2.24 bits per heavy atom. The minimum absolute atomic E-state index is 0.00162. The molecule has 4 aromatic rings. The molecule has 0 saturated heterocycles. The molecule has 41 heavy (non-hydrogen) atoms. The van der Waals surface area contributed by atoms with Gasteiger partial charge >= 0.3 is 0 Å². The van der Waals surface area contributed by atoms with Gasteiger partial charge < -0.3 is 20.7 Å². The molecule has 210 valence electrons. The van der Waals surface area contributed by atoms with Crippen LogP contribution in [0.5, 0.6) is 5.75 Å². The molecule has 0 saturated carbocycles. The number of ketones is 1. The molecule has 1 unspecified atom stereocenters. The lowest BCUT2D eigenvalue weighted by Crippen LogP contribution is -2.48. The largest absolute Gasteiger partial charge is 0.497 e. The molecule has 7 heteroatoms. The van der Waals surface area contributed by atoms with Gasteiger partial charge in [0.2, 0.25) is 5.91 Å². The van der Waals surface area contributed by atoms with Crippen LogP contribution in [0.4, 0.5) is 5.69 Å². The minimum atomic E-state index is -0.778. The van der Waals surface area contributed by atoms with E-state index in [1.807, 2.05) is 91.9 Å². The van der Waals surface area contributed by atoms with Gasteiger partial charge in [-0.3, -0.25) is 14.4 Å². The van der Waals surface area contributed by atoms with E-state index in [0.29, 0.717) is 30.6 Å². The average molecular weight is 550 g/mol. The number of amides is 2. The third-order valence-electron chi connectivity index (χ3n) is 6.76. The monoisotopic (exact) mass is 549 g/mol. The maximum Gasteiger partial charge on any atom is 0.251 e. The Balaban J connectivity index is 1.45. The second kappa shape index (κ2) is 13.9. The first-order valence-corrected chi connectivity index (χ1v) is 13.6. The lowest BCUT2D eigenvalue weighted by atomic mass is 9.95.